The molecule has 0 aliphatic heterocycles. The van der Waals surface area contributed by atoms with Crippen molar-refractivity contribution in [2.75, 3.05) is 0 Å². The van der Waals surface area contributed by atoms with Crippen molar-refractivity contribution in [1.82, 2.24) is 149 Å². The molecule has 0 spiro atoms. The second-order valence-electron chi connectivity index (χ2n) is 27.4. The monoisotopic (exact) mass is 2520 g/mol. The van der Waals surface area contributed by atoms with Gasteiger partial charge in [-0.1, -0.05) is 120 Å². The molecule has 6 aromatic carbocycles. The summed E-state index contributed by atoms with van der Waals surface area (Å²) in [4.78, 5) is 96.0. The van der Waals surface area contributed by atoms with Crippen LogP contribution in [0.1, 0.15) is 51.4 Å². The quantitative estimate of drug-likeness (QED) is 0.0395. The maximum absolute atomic E-state index is 14.1. The van der Waals surface area contributed by atoms with E-state index in [4.69, 9.17) is 40.0 Å². The van der Waals surface area contributed by atoms with Gasteiger partial charge < -0.3 is 58.3 Å². The summed E-state index contributed by atoms with van der Waals surface area (Å²) in [6.07, 6.45) is 17.0. The molecular weight excluding hydrogens is 2450 g/mol. The molecule has 52 heteroatoms. The predicted octanol–water partition coefficient (Wildman–Crippen LogP) is 7.46. The van der Waals surface area contributed by atoms with Crippen LogP contribution in [0.2, 0.25) is 5.02 Å². The molecule has 0 fully saturated rings. The summed E-state index contributed by atoms with van der Waals surface area (Å²) >= 11 is 11.9. The van der Waals surface area contributed by atoms with Gasteiger partial charge in [0, 0.05) is 285 Å². The van der Waals surface area contributed by atoms with E-state index in [9.17, 15) is 33.2 Å². The second-order valence-corrected chi connectivity index (χ2v) is 29.9. The smallest absolute Gasteiger partial charge is 0.368 e. The molecule has 18 aromatic rings. The number of benzene rings is 6. The molecule has 0 bridgehead atoms. The van der Waals surface area contributed by atoms with Gasteiger partial charge in [-0.25, -0.2) is 33.2 Å². The van der Waals surface area contributed by atoms with E-state index in [0.29, 0.717) is 74.3 Å². The number of aromatic nitrogens is 30. The molecule has 0 amide bonds. The Morgan fingerprint density at radius 2 is 0.561 bits per heavy atom. The van der Waals surface area contributed by atoms with Crippen LogP contribution in [-0.4, -0.2) is 149 Å². The minimum Gasteiger partial charge on any atom is -0.530 e. The van der Waals surface area contributed by atoms with Gasteiger partial charge in [0.05, 0.1) is 69.4 Å². The molecule has 42 nitrogen and oxygen atoms in total. The van der Waals surface area contributed by atoms with Crippen molar-refractivity contribution >= 4 is 50.1 Å². The van der Waals surface area contributed by atoms with Gasteiger partial charge >= 0.3 is 34.1 Å². The maximum Gasteiger partial charge on any atom is 0.368 e. The zero-order valence-corrected chi connectivity index (χ0v) is 96.6. The fourth-order valence-electron chi connectivity index (χ4n) is 12.0. The third kappa shape index (κ3) is 31.2. The summed E-state index contributed by atoms with van der Waals surface area (Å²) < 4.78 is 63.7. The molecule has 12 aromatic heterocycles. The number of nitrogens with zero attached hydrogens (tertiary/aromatic N) is 30. The Bertz CT molecular complexity index is 6510. The van der Waals surface area contributed by atoms with Crippen molar-refractivity contribution in [1.29, 1.82) is 0 Å². The van der Waals surface area contributed by atoms with Gasteiger partial charge in [0.2, 0.25) is 0 Å². The summed E-state index contributed by atoms with van der Waals surface area (Å²) in [5.74, 6) is 2.10. The van der Waals surface area contributed by atoms with Crippen molar-refractivity contribution in [3.05, 3.63) is 382 Å². The average Bonchev–Trinajstić information content (AvgIpc) is 1.74. The van der Waals surface area contributed by atoms with Crippen LogP contribution < -0.4 is 62.6 Å². The number of rotatable bonds is 25. The molecular formula is C87H74BrClFIN30O12Y6-6. The maximum atomic E-state index is 14.1. The van der Waals surface area contributed by atoms with E-state index in [-0.39, 0.29) is 276 Å². The molecule has 12 heterocycles. The zero-order chi connectivity index (χ0) is 93.9. The van der Waals surface area contributed by atoms with Gasteiger partial charge in [0.1, 0.15) is 45.5 Å². The van der Waals surface area contributed by atoms with Gasteiger partial charge in [-0.2, -0.15) is 129 Å². The van der Waals surface area contributed by atoms with Crippen molar-refractivity contribution < 1.29 is 229 Å². The van der Waals surface area contributed by atoms with E-state index in [1.807, 2.05) is 79.7 Å². The number of halogens is 4. The molecule has 0 atom stereocenters. The fourth-order valence-corrected chi connectivity index (χ4v) is 13.3. The summed E-state index contributed by atoms with van der Waals surface area (Å²) in [5.41, 5.74) is 7.53. The third-order valence-electron chi connectivity index (χ3n) is 18.8. The average molecular weight is 2530 g/mol. The molecule has 0 unspecified atom stereocenters. The van der Waals surface area contributed by atoms with Crippen LogP contribution in [0.25, 0.3) is 34.1 Å². The van der Waals surface area contributed by atoms with Gasteiger partial charge in [0.25, 0.3) is 0 Å². The largest absolute Gasteiger partial charge is 0.530 e. The molecule has 0 aliphatic carbocycles. The van der Waals surface area contributed by atoms with Crippen molar-refractivity contribution in [3.8, 4) is 69.4 Å². The molecule has 0 aliphatic rings. The van der Waals surface area contributed by atoms with Crippen LogP contribution in [0, 0.1) is 53.5 Å². The third-order valence-corrected chi connectivity index (χ3v) is 20.9. The first-order valence-corrected chi connectivity index (χ1v) is 41.8. The number of hydrogen-bond acceptors (Lipinski definition) is 30. The first-order valence-electron chi connectivity index (χ1n) is 39.5. The minimum absolute atomic E-state index is 0. The van der Waals surface area contributed by atoms with Crippen LogP contribution in [0.4, 0.5) is 4.39 Å². The summed E-state index contributed by atoms with van der Waals surface area (Å²) in [6, 6.07) is 63.1. The Kier molecular flexibility index (Phi) is 48.5. The van der Waals surface area contributed by atoms with E-state index < -0.39 is 11.5 Å². The molecule has 6 radical (unpaired) electrons. The molecule has 139 heavy (non-hydrogen) atoms. The fraction of sp³-hybridized carbons (Fsp3) is 0.172. The van der Waals surface area contributed by atoms with Gasteiger partial charge in [-0.15, -0.1) is 36.4 Å². The Balaban J connectivity index is 0.000000225. The molecule has 696 valence electrons. The molecule has 0 saturated heterocycles. The van der Waals surface area contributed by atoms with Crippen molar-refractivity contribution in [2.45, 2.75) is 59.9 Å². The van der Waals surface area contributed by atoms with E-state index in [2.05, 4.69) is 175 Å². The Labute approximate surface area is 968 Å². The van der Waals surface area contributed by atoms with Crippen molar-refractivity contribution in [3.63, 3.8) is 0 Å². The van der Waals surface area contributed by atoms with Gasteiger partial charge in [-0.3, -0.25) is 0 Å². The van der Waals surface area contributed by atoms with Crippen LogP contribution in [-0.2, 0) is 285 Å². The molecule has 18 rings (SSSR count). The van der Waals surface area contributed by atoms with Gasteiger partial charge in [0.15, 0.2) is 0 Å². The van der Waals surface area contributed by atoms with E-state index in [1.54, 1.807) is 162 Å². The first kappa shape index (κ1) is 116. The number of aryl methyl sites for hydroxylation is 8. The number of pyridine rings is 6. The predicted molar refractivity (Wildman–Crippen MR) is 484 cm³/mol. The summed E-state index contributed by atoms with van der Waals surface area (Å²) in [5, 5.41) is 45.8. The molecule has 0 saturated carbocycles. The summed E-state index contributed by atoms with van der Waals surface area (Å²) in [6.45, 7) is 5.10. The molecule has 0 N–H and O–H groups in total. The first-order chi connectivity index (χ1) is 64.5. The van der Waals surface area contributed by atoms with Crippen LogP contribution in [0.3, 0.4) is 0 Å². The SMILES string of the molecule is CCc1cccc(-n2nnn(C)c2=O)c1COc1ccc[c-]n1.Cc1cccc(-n2nnn(C)c2=O)c1COc1ccc[c-]n1.Cn1nnn(-c2cccc(Br)c2COc2ccc[c-]n2)c1=O.Cn1nnn(-c2cccc(Cl)c2COc2ccc[c-]n2)c1=O.Cn1nnn(-c2cccc(F)c2COc2ccc[c-]n2)c1=O.Cn1nnn(-c2cccc(I)c2COc2ccc[c-]n2)c1=O.[Y].[Y].[Y].[Y].[Y].[Y]. The van der Waals surface area contributed by atoms with E-state index in [0.717, 1.165) is 61.9 Å². The standard InChI is InChI=1S/C16H16N5O2.C15H14N5O2.C14H11BrN5O2.C14H11ClN5O2.C14H11FN5O2.C14H11IN5O2.6Y/c1-3-12-7-6-8-14(21-16(22)20(2)18-19-21)13(12)11-23-15-9-4-5-10-17-15;1-11-6-5-7-13(20-15(21)19(2)17-18-20)12(11)10-22-14-8-3-4-9-16-14;4*1-19-14(21)20(18-17-19)12-6-4-5-11(15)10(12)9-22-13-7-2-3-8-16-13;;;;;;/h4-9H,3,11H2,1-2H3;3-8H,10H2,1-2H3;4*2-7H,9H2,1H3;;;;;;/q6*-1;;;;;;. The second kappa shape index (κ2) is 58.0. The topological polar surface area (TPSA) is 449 Å². The summed E-state index contributed by atoms with van der Waals surface area (Å²) in [7, 11) is 9.21. The Morgan fingerprint density at radius 1 is 0.309 bits per heavy atom. The zero-order valence-electron chi connectivity index (χ0n) is 75.0. The van der Waals surface area contributed by atoms with Crippen LogP contribution >= 0.6 is 50.1 Å². The van der Waals surface area contributed by atoms with Crippen molar-refractivity contribution in [2.24, 2.45) is 42.3 Å². The Hall–Kier alpha value is -9.71. The number of tetrazole rings is 6. The number of hydrogen-bond donors (Lipinski definition) is 0. The van der Waals surface area contributed by atoms with E-state index in [1.165, 1.54) is 68.4 Å². The van der Waals surface area contributed by atoms with Crippen LogP contribution in [0.5, 0.6) is 35.3 Å². The van der Waals surface area contributed by atoms with Crippen LogP contribution in [0.15, 0.2) is 252 Å². The number of ether oxygens (including phenoxy) is 6. The van der Waals surface area contributed by atoms with E-state index >= 15 is 0 Å². The van der Waals surface area contributed by atoms with Gasteiger partial charge in [-0.05, 0) is 170 Å². The minimum atomic E-state index is -0.505. The normalized spacial score (nSPS) is 10.2. The Morgan fingerprint density at radius 3 is 0.885 bits per heavy atom.